The van der Waals surface area contributed by atoms with Crippen molar-refractivity contribution < 1.29 is 18.7 Å². The van der Waals surface area contributed by atoms with E-state index >= 15 is 0 Å². The minimum absolute atomic E-state index is 0.205. The lowest BCUT2D eigenvalue weighted by Gasteiger charge is -2.13. The lowest BCUT2D eigenvalue weighted by atomic mass is 9.95. The van der Waals surface area contributed by atoms with Gasteiger partial charge in [-0.05, 0) is 55.5 Å². The van der Waals surface area contributed by atoms with Crippen LogP contribution in [0.5, 0.6) is 5.75 Å². The molecule has 1 aromatic carbocycles. The number of amides is 2. The smallest absolute Gasteiger partial charge is 0.262 e. The number of benzene rings is 1. The fourth-order valence-corrected chi connectivity index (χ4v) is 4.29. The molecule has 0 bridgehead atoms. The van der Waals surface area contributed by atoms with Crippen LogP contribution in [-0.4, -0.2) is 25.0 Å². The van der Waals surface area contributed by atoms with Crippen LogP contribution in [0.3, 0.4) is 0 Å². The quantitative estimate of drug-likeness (QED) is 0.711. The summed E-state index contributed by atoms with van der Waals surface area (Å²) in [4.78, 5) is 26.0. The summed E-state index contributed by atoms with van der Waals surface area (Å²) in [6, 6.07) is 5.45. The van der Waals surface area contributed by atoms with Crippen LogP contribution in [-0.2, 0) is 17.6 Å². The maximum absolute atomic E-state index is 12.9. The first-order valence-electron chi connectivity index (χ1n) is 8.80. The van der Waals surface area contributed by atoms with Crippen molar-refractivity contribution in [2.75, 3.05) is 18.5 Å². The van der Waals surface area contributed by atoms with Crippen LogP contribution in [0.15, 0.2) is 36.9 Å². The molecule has 1 heterocycles. The Morgan fingerprint density at radius 1 is 1.22 bits per heavy atom. The molecule has 0 atom stereocenters. The van der Waals surface area contributed by atoms with E-state index in [2.05, 4.69) is 17.2 Å². The Labute approximate surface area is 161 Å². The van der Waals surface area contributed by atoms with Crippen molar-refractivity contribution in [3.63, 3.8) is 0 Å². The van der Waals surface area contributed by atoms with E-state index in [1.165, 1.54) is 35.6 Å². The highest BCUT2D eigenvalue weighted by molar-refractivity contribution is 7.17. The fraction of sp³-hybridized carbons (Fsp3) is 0.300. The van der Waals surface area contributed by atoms with Crippen molar-refractivity contribution in [3.05, 3.63) is 58.7 Å². The summed E-state index contributed by atoms with van der Waals surface area (Å²) in [5.41, 5.74) is 1.58. The molecule has 0 spiro atoms. The number of anilines is 1. The number of carbonyl (C=O) groups excluding carboxylic acids is 2. The summed E-state index contributed by atoms with van der Waals surface area (Å²) in [5, 5.41) is 6.15. The number of aryl methyl sites for hydroxylation is 1. The average Bonchev–Trinajstić information content (AvgIpc) is 3.03. The van der Waals surface area contributed by atoms with Crippen molar-refractivity contribution in [3.8, 4) is 5.75 Å². The number of rotatable bonds is 7. The highest BCUT2D eigenvalue weighted by Gasteiger charge is 2.26. The Morgan fingerprint density at radius 2 is 1.96 bits per heavy atom. The largest absolute Gasteiger partial charge is 0.484 e. The molecule has 0 radical (unpaired) electrons. The molecule has 5 nitrogen and oxygen atoms in total. The van der Waals surface area contributed by atoms with Crippen LogP contribution in [0.1, 0.15) is 33.6 Å². The molecule has 7 heteroatoms. The fourth-order valence-electron chi connectivity index (χ4n) is 2.99. The van der Waals surface area contributed by atoms with Gasteiger partial charge in [-0.25, -0.2) is 4.39 Å². The zero-order valence-electron chi connectivity index (χ0n) is 14.8. The average molecular weight is 388 g/mol. The number of hydrogen-bond donors (Lipinski definition) is 2. The van der Waals surface area contributed by atoms with Crippen molar-refractivity contribution in [1.29, 1.82) is 0 Å². The first kappa shape index (κ1) is 19.1. The zero-order valence-corrected chi connectivity index (χ0v) is 15.7. The number of hydrogen-bond acceptors (Lipinski definition) is 4. The summed E-state index contributed by atoms with van der Waals surface area (Å²) in [5.74, 6) is -0.535. The van der Waals surface area contributed by atoms with Gasteiger partial charge in [-0.2, -0.15) is 0 Å². The Morgan fingerprint density at radius 3 is 2.70 bits per heavy atom. The third kappa shape index (κ3) is 4.74. The Balaban J connectivity index is 1.71. The predicted molar refractivity (Wildman–Crippen MR) is 104 cm³/mol. The number of fused-ring (bicyclic) bond motifs is 1. The minimum atomic E-state index is -0.369. The van der Waals surface area contributed by atoms with Gasteiger partial charge in [-0.15, -0.1) is 17.9 Å². The predicted octanol–water partition coefficient (Wildman–Crippen LogP) is 3.70. The first-order valence-corrected chi connectivity index (χ1v) is 9.62. The van der Waals surface area contributed by atoms with E-state index in [9.17, 15) is 14.0 Å². The molecule has 142 valence electrons. The number of halogens is 1. The van der Waals surface area contributed by atoms with E-state index in [-0.39, 0.29) is 24.2 Å². The molecule has 1 aromatic heterocycles. The number of carbonyl (C=O) groups is 2. The molecule has 0 saturated heterocycles. The van der Waals surface area contributed by atoms with Crippen molar-refractivity contribution >= 4 is 28.2 Å². The number of thiophene rings is 1. The van der Waals surface area contributed by atoms with Crippen LogP contribution in [0, 0.1) is 5.82 Å². The number of nitrogens with one attached hydrogen (secondary N) is 2. The van der Waals surface area contributed by atoms with Crippen molar-refractivity contribution in [2.24, 2.45) is 0 Å². The standard InChI is InChI=1S/C20H21FN2O3S/c1-2-11-22-19(25)18-15-5-3-4-6-16(15)27-20(18)23-17(24)12-26-14-9-7-13(21)8-10-14/h2,7-10H,1,3-6,11-12H2,(H,22,25)(H,23,24). The lowest BCUT2D eigenvalue weighted by molar-refractivity contribution is -0.118. The van der Waals surface area contributed by atoms with Crippen LogP contribution in [0.2, 0.25) is 0 Å². The molecule has 2 amide bonds. The molecule has 0 saturated carbocycles. The molecule has 27 heavy (non-hydrogen) atoms. The van der Waals surface area contributed by atoms with Gasteiger partial charge < -0.3 is 15.4 Å². The molecule has 3 rings (SSSR count). The van der Waals surface area contributed by atoms with Gasteiger partial charge in [0.15, 0.2) is 6.61 Å². The molecular weight excluding hydrogens is 367 g/mol. The molecular formula is C20H21FN2O3S. The van der Waals surface area contributed by atoms with E-state index in [0.29, 0.717) is 22.9 Å². The van der Waals surface area contributed by atoms with Crippen LogP contribution < -0.4 is 15.4 Å². The first-order chi connectivity index (χ1) is 13.1. The summed E-state index contributed by atoms with van der Waals surface area (Å²) in [6.45, 7) is 3.75. The maximum atomic E-state index is 12.9. The third-order valence-electron chi connectivity index (χ3n) is 4.24. The highest BCUT2D eigenvalue weighted by Crippen LogP contribution is 2.38. The van der Waals surface area contributed by atoms with E-state index < -0.39 is 0 Å². The molecule has 0 fully saturated rings. The van der Waals surface area contributed by atoms with Crippen molar-refractivity contribution in [2.45, 2.75) is 25.7 Å². The van der Waals surface area contributed by atoms with Gasteiger partial charge in [0.25, 0.3) is 11.8 Å². The van der Waals surface area contributed by atoms with Gasteiger partial charge in [-0.3, -0.25) is 9.59 Å². The monoisotopic (exact) mass is 388 g/mol. The van der Waals surface area contributed by atoms with Crippen LogP contribution in [0.25, 0.3) is 0 Å². The van der Waals surface area contributed by atoms with Crippen LogP contribution in [0.4, 0.5) is 9.39 Å². The van der Waals surface area contributed by atoms with Gasteiger partial charge in [0.05, 0.1) is 5.56 Å². The second-order valence-electron chi connectivity index (χ2n) is 6.20. The van der Waals surface area contributed by atoms with Crippen LogP contribution >= 0.6 is 11.3 Å². The molecule has 1 aliphatic rings. The summed E-state index contributed by atoms with van der Waals surface area (Å²) >= 11 is 1.45. The molecule has 0 aliphatic heterocycles. The van der Waals surface area contributed by atoms with E-state index in [0.717, 1.165) is 36.1 Å². The number of ether oxygens (including phenoxy) is 1. The molecule has 1 aliphatic carbocycles. The highest BCUT2D eigenvalue weighted by atomic mass is 32.1. The minimum Gasteiger partial charge on any atom is -0.484 e. The molecule has 2 aromatic rings. The zero-order chi connectivity index (χ0) is 19.2. The second kappa shape index (κ2) is 8.81. The Hall–Kier alpha value is -2.67. The molecule has 2 N–H and O–H groups in total. The second-order valence-corrected chi connectivity index (χ2v) is 7.31. The van der Waals surface area contributed by atoms with Gasteiger partial charge >= 0.3 is 0 Å². The Kier molecular flexibility index (Phi) is 6.24. The maximum Gasteiger partial charge on any atom is 0.262 e. The normalized spacial score (nSPS) is 12.8. The van der Waals surface area contributed by atoms with E-state index in [1.807, 2.05) is 0 Å². The van der Waals surface area contributed by atoms with Gasteiger partial charge in [0.1, 0.15) is 16.6 Å². The SMILES string of the molecule is C=CCNC(=O)c1c(NC(=O)COc2ccc(F)cc2)sc2c1CCCC2. The topological polar surface area (TPSA) is 67.4 Å². The van der Waals surface area contributed by atoms with E-state index in [1.54, 1.807) is 6.08 Å². The van der Waals surface area contributed by atoms with E-state index in [4.69, 9.17) is 4.74 Å². The summed E-state index contributed by atoms with van der Waals surface area (Å²) < 4.78 is 18.3. The summed E-state index contributed by atoms with van der Waals surface area (Å²) in [6.07, 6.45) is 5.49. The Bertz CT molecular complexity index is 846. The molecule has 0 unspecified atom stereocenters. The third-order valence-corrected chi connectivity index (χ3v) is 5.45. The van der Waals surface area contributed by atoms with Crippen molar-refractivity contribution in [1.82, 2.24) is 5.32 Å². The lowest BCUT2D eigenvalue weighted by Crippen LogP contribution is -2.26. The van der Waals surface area contributed by atoms with Gasteiger partial charge in [0, 0.05) is 11.4 Å². The van der Waals surface area contributed by atoms with Gasteiger partial charge in [0.2, 0.25) is 0 Å². The van der Waals surface area contributed by atoms with Gasteiger partial charge in [-0.1, -0.05) is 6.08 Å². The summed E-state index contributed by atoms with van der Waals surface area (Å²) in [7, 11) is 0.